The van der Waals surface area contributed by atoms with Gasteiger partial charge in [-0.3, -0.25) is 0 Å². The average Bonchev–Trinajstić information content (AvgIpc) is 2.63. The van der Waals surface area contributed by atoms with Crippen LogP contribution in [-0.2, 0) is 12.6 Å². The maximum atomic E-state index is 12.8. The number of hydrogen-bond donors (Lipinski definition) is 2. The molecule has 0 radical (unpaired) electrons. The normalized spacial score (nSPS) is 11.3. The Labute approximate surface area is 158 Å². The van der Waals surface area contributed by atoms with Crippen molar-refractivity contribution < 1.29 is 13.2 Å². The molecule has 0 bridgehead atoms. The molecule has 1 aromatic heterocycles. The molecule has 3 aromatic rings. The highest BCUT2D eigenvalue weighted by Gasteiger charge is 2.30. The molecular weight excluding hydrogens is 379 g/mol. The second kappa shape index (κ2) is 8.22. The van der Waals surface area contributed by atoms with Crippen molar-refractivity contribution in [3.8, 4) is 0 Å². The van der Waals surface area contributed by atoms with Gasteiger partial charge in [0.05, 0.1) is 11.8 Å². The number of nitrogens with one attached hydrogen (secondary N) is 2. The Kier molecular flexibility index (Phi) is 5.75. The largest absolute Gasteiger partial charge is 0.416 e. The minimum atomic E-state index is -4.41. The third-order valence-electron chi connectivity index (χ3n) is 3.64. The van der Waals surface area contributed by atoms with Crippen LogP contribution in [0, 0.1) is 0 Å². The van der Waals surface area contributed by atoms with Crippen molar-refractivity contribution in [2.24, 2.45) is 0 Å². The fourth-order valence-corrected chi connectivity index (χ4v) is 2.46. The van der Waals surface area contributed by atoms with Crippen molar-refractivity contribution in [3.63, 3.8) is 0 Å². The van der Waals surface area contributed by atoms with E-state index >= 15 is 0 Å². The molecule has 0 aliphatic heterocycles. The van der Waals surface area contributed by atoms with Gasteiger partial charge in [0.2, 0.25) is 5.95 Å². The Balaban J connectivity index is 1.61. The number of anilines is 3. The van der Waals surface area contributed by atoms with Gasteiger partial charge in [-0.25, -0.2) is 0 Å². The molecule has 0 aliphatic carbocycles. The molecule has 2 N–H and O–H groups in total. The van der Waals surface area contributed by atoms with E-state index in [0.717, 1.165) is 24.1 Å². The summed E-state index contributed by atoms with van der Waals surface area (Å²) in [5.41, 5.74) is 0.582. The van der Waals surface area contributed by atoms with Gasteiger partial charge in [0.1, 0.15) is 0 Å². The van der Waals surface area contributed by atoms with Gasteiger partial charge in [-0.2, -0.15) is 23.3 Å². The maximum absolute atomic E-state index is 12.8. The van der Waals surface area contributed by atoms with Crippen LogP contribution in [0.2, 0.25) is 5.02 Å². The van der Waals surface area contributed by atoms with E-state index < -0.39 is 11.7 Å². The van der Waals surface area contributed by atoms with Crippen molar-refractivity contribution in [2.45, 2.75) is 12.6 Å². The molecule has 0 saturated carbocycles. The average molecular weight is 394 g/mol. The van der Waals surface area contributed by atoms with Crippen LogP contribution in [0.4, 0.5) is 30.6 Å². The molecule has 9 heteroatoms. The lowest BCUT2D eigenvalue weighted by atomic mass is 10.1. The first-order valence-electron chi connectivity index (χ1n) is 8.02. The van der Waals surface area contributed by atoms with Crippen LogP contribution in [0.1, 0.15) is 11.1 Å². The molecule has 2 aromatic carbocycles. The summed E-state index contributed by atoms with van der Waals surface area (Å²) in [7, 11) is 0. The summed E-state index contributed by atoms with van der Waals surface area (Å²) in [6.45, 7) is 0.601. The monoisotopic (exact) mass is 393 g/mol. The number of nitrogens with zero attached hydrogens (tertiary/aromatic N) is 3. The van der Waals surface area contributed by atoms with Gasteiger partial charge in [0.15, 0.2) is 5.82 Å². The van der Waals surface area contributed by atoms with E-state index in [1.807, 2.05) is 24.3 Å². The second-order valence-electron chi connectivity index (χ2n) is 5.67. The lowest BCUT2D eigenvalue weighted by Crippen LogP contribution is -2.09. The Morgan fingerprint density at radius 2 is 1.81 bits per heavy atom. The number of rotatable bonds is 6. The highest BCUT2D eigenvalue weighted by atomic mass is 35.5. The zero-order chi connectivity index (χ0) is 19.3. The lowest BCUT2D eigenvalue weighted by molar-refractivity contribution is -0.137. The van der Waals surface area contributed by atoms with Crippen LogP contribution in [0.15, 0.2) is 54.7 Å². The topological polar surface area (TPSA) is 62.7 Å². The number of aromatic nitrogens is 3. The Bertz CT molecular complexity index is 900. The lowest BCUT2D eigenvalue weighted by Gasteiger charge is -2.10. The van der Waals surface area contributed by atoms with Crippen molar-refractivity contribution in [1.29, 1.82) is 0 Å². The van der Waals surface area contributed by atoms with Gasteiger partial charge in [-0.1, -0.05) is 29.8 Å². The SMILES string of the molecule is FC(F)(F)c1cccc(Nc2nncc(NCCc3ccc(Cl)cc3)n2)c1. The van der Waals surface area contributed by atoms with Crippen LogP contribution in [0.25, 0.3) is 0 Å². The summed E-state index contributed by atoms with van der Waals surface area (Å²) in [6, 6.07) is 12.3. The molecule has 140 valence electrons. The van der Waals surface area contributed by atoms with Crippen LogP contribution < -0.4 is 10.6 Å². The zero-order valence-electron chi connectivity index (χ0n) is 14.0. The summed E-state index contributed by atoms with van der Waals surface area (Å²) in [5.74, 6) is 0.569. The van der Waals surface area contributed by atoms with Crippen LogP contribution in [0.5, 0.6) is 0 Å². The highest BCUT2D eigenvalue weighted by Crippen LogP contribution is 2.31. The third kappa shape index (κ3) is 5.55. The molecule has 3 rings (SSSR count). The highest BCUT2D eigenvalue weighted by molar-refractivity contribution is 6.30. The Morgan fingerprint density at radius 1 is 1.04 bits per heavy atom. The molecule has 0 spiro atoms. The number of halogens is 4. The molecule has 27 heavy (non-hydrogen) atoms. The molecular formula is C18H15ClF3N5. The van der Waals surface area contributed by atoms with Gasteiger partial charge >= 0.3 is 6.18 Å². The van der Waals surface area contributed by atoms with E-state index in [9.17, 15) is 13.2 Å². The van der Waals surface area contributed by atoms with Crippen molar-refractivity contribution in [2.75, 3.05) is 17.2 Å². The van der Waals surface area contributed by atoms with Crippen LogP contribution >= 0.6 is 11.6 Å². The maximum Gasteiger partial charge on any atom is 0.416 e. The van der Waals surface area contributed by atoms with Gasteiger partial charge in [-0.05, 0) is 42.3 Å². The van der Waals surface area contributed by atoms with E-state index in [4.69, 9.17) is 11.6 Å². The second-order valence-corrected chi connectivity index (χ2v) is 6.11. The summed E-state index contributed by atoms with van der Waals surface area (Å²) in [6.07, 6.45) is -2.22. The Hall–Kier alpha value is -2.87. The molecule has 0 atom stereocenters. The number of benzene rings is 2. The summed E-state index contributed by atoms with van der Waals surface area (Å²) >= 11 is 5.85. The molecule has 0 saturated heterocycles. The standard InChI is InChI=1S/C18H15ClF3N5/c19-14-6-4-12(5-7-14)8-9-23-16-11-24-27-17(26-16)25-15-3-1-2-13(10-15)18(20,21)22/h1-7,10-11H,8-9H2,(H2,23,25,26,27). The fraction of sp³-hybridized carbons (Fsp3) is 0.167. The molecule has 0 amide bonds. The zero-order valence-corrected chi connectivity index (χ0v) is 14.7. The molecule has 1 heterocycles. The summed E-state index contributed by atoms with van der Waals surface area (Å²) in [5, 5.41) is 14.1. The van der Waals surface area contributed by atoms with E-state index in [1.54, 1.807) is 0 Å². The quantitative estimate of drug-likeness (QED) is 0.621. The third-order valence-corrected chi connectivity index (χ3v) is 3.89. The summed E-state index contributed by atoms with van der Waals surface area (Å²) in [4.78, 5) is 4.21. The summed E-state index contributed by atoms with van der Waals surface area (Å²) < 4.78 is 38.4. The van der Waals surface area contributed by atoms with E-state index in [0.29, 0.717) is 17.4 Å². The van der Waals surface area contributed by atoms with Gasteiger partial charge < -0.3 is 10.6 Å². The van der Waals surface area contributed by atoms with E-state index in [-0.39, 0.29) is 11.6 Å². The Morgan fingerprint density at radius 3 is 2.56 bits per heavy atom. The number of alkyl halides is 3. The van der Waals surface area contributed by atoms with Crippen molar-refractivity contribution in [3.05, 3.63) is 70.9 Å². The first kappa shape index (κ1) is 18.9. The number of hydrogen-bond acceptors (Lipinski definition) is 5. The van der Waals surface area contributed by atoms with Crippen LogP contribution in [-0.4, -0.2) is 21.7 Å². The predicted molar refractivity (Wildman–Crippen MR) is 98.2 cm³/mol. The van der Waals surface area contributed by atoms with E-state index in [1.165, 1.54) is 18.3 Å². The smallest absolute Gasteiger partial charge is 0.368 e. The van der Waals surface area contributed by atoms with Gasteiger partial charge in [0, 0.05) is 17.3 Å². The van der Waals surface area contributed by atoms with Crippen LogP contribution in [0.3, 0.4) is 0 Å². The first-order valence-corrected chi connectivity index (χ1v) is 8.40. The fourth-order valence-electron chi connectivity index (χ4n) is 2.33. The van der Waals surface area contributed by atoms with Crippen molar-refractivity contribution in [1.82, 2.24) is 15.2 Å². The molecule has 0 fully saturated rings. The molecule has 5 nitrogen and oxygen atoms in total. The minimum absolute atomic E-state index is 0.103. The van der Waals surface area contributed by atoms with E-state index in [2.05, 4.69) is 25.8 Å². The van der Waals surface area contributed by atoms with Gasteiger partial charge in [-0.15, -0.1) is 5.10 Å². The molecule has 0 unspecified atom stereocenters. The first-order chi connectivity index (χ1) is 12.9. The predicted octanol–water partition coefficient (Wildman–Crippen LogP) is 4.94. The minimum Gasteiger partial charge on any atom is -0.368 e. The van der Waals surface area contributed by atoms with Gasteiger partial charge in [0.25, 0.3) is 0 Å². The van der Waals surface area contributed by atoms with Crippen molar-refractivity contribution >= 4 is 29.1 Å². The molecule has 0 aliphatic rings.